The molecule has 43 heavy (non-hydrogen) atoms. The Kier molecular flexibility index (Phi) is 11.1. The molecule has 4 rings (SSSR count). The molecule has 1 amide bonds. The number of carbonyl (C=O) groups is 1. The number of phenolic OH excluding ortho intramolecular Hbond substituents is 1. The standard InChI is InChI=1S/C34H44N2O7/c1-34(2,3)43-33(38)36-17-16-28(32(21-36)42-22-24-10-15-30(37)29(35)20-24)25-11-13-27(14-12-25)41-19-7-18-40-23-26-8-5-6-9-31(26)39-4/h5-6,8-15,20,28,32,37H,7,16-19,21-23,35H2,1-4H3. The number of likely N-dealkylation sites (tertiary alicyclic amines) is 1. The zero-order valence-electron chi connectivity index (χ0n) is 25.6. The van der Waals surface area contributed by atoms with Gasteiger partial charge in [0.05, 0.1) is 51.9 Å². The second-order valence-corrected chi connectivity index (χ2v) is 11.7. The van der Waals surface area contributed by atoms with E-state index < -0.39 is 5.60 Å². The Morgan fingerprint density at radius 3 is 2.51 bits per heavy atom. The van der Waals surface area contributed by atoms with E-state index in [4.69, 9.17) is 29.4 Å². The summed E-state index contributed by atoms with van der Waals surface area (Å²) in [7, 11) is 1.66. The summed E-state index contributed by atoms with van der Waals surface area (Å²) in [6.45, 7) is 8.47. The Labute approximate surface area is 254 Å². The van der Waals surface area contributed by atoms with Crippen LogP contribution < -0.4 is 15.2 Å². The molecular formula is C34H44N2O7. The predicted molar refractivity (Wildman–Crippen MR) is 165 cm³/mol. The molecule has 0 aliphatic carbocycles. The fourth-order valence-corrected chi connectivity index (χ4v) is 5.02. The number of benzene rings is 3. The molecule has 1 aliphatic rings. The molecule has 0 aromatic heterocycles. The van der Waals surface area contributed by atoms with Gasteiger partial charge < -0.3 is 39.4 Å². The lowest BCUT2D eigenvalue weighted by Gasteiger charge is -2.39. The summed E-state index contributed by atoms with van der Waals surface area (Å²) in [5.41, 5.74) is 8.59. The maximum atomic E-state index is 12.8. The SMILES string of the molecule is COc1ccccc1COCCCOc1ccc(C2CCN(C(=O)OC(C)(C)C)CC2OCc2ccc(O)c(N)c2)cc1. The molecular weight excluding hydrogens is 548 g/mol. The van der Waals surface area contributed by atoms with Crippen LogP contribution in [-0.4, -0.2) is 61.2 Å². The minimum Gasteiger partial charge on any atom is -0.506 e. The van der Waals surface area contributed by atoms with Gasteiger partial charge in [-0.05, 0) is 68.7 Å². The molecule has 1 fully saturated rings. The second-order valence-electron chi connectivity index (χ2n) is 11.7. The summed E-state index contributed by atoms with van der Waals surface area (Å²) in [5, 5.41) is 9.77. The van der Waals surface area contributed by atoms with Crippen LogP contribution in [0.1, 0.15) is 56.2 Å². The average molecular weight is 593 g/mol. The molecule has 232 valence electrons. The number of carbonyl (C=O) groups excluding carboxylic acids is 1. The molecule has 0 bridgehead atoms. The molecule has 1 saturated heterocycles. The molecule has 0 saturated carbocycles. The number of ether oxygens (including phenoxy) is 5. The number of para-hydroxylation sites is 1. The van der Waals surface area contributed by atoms with Gasteiger partial charge in [0, 0.05) is 24.4 Å². The highest BCUT2D eigenvalue weighted by atomic mass is 16.6. The monoisotopic (exact) mass is 592 g/mol. The third-order valence-electron chi connectivity index (χ3n) is 7.23. The van der Waals surface area contributed by atoms with Crippen molar-refractivity contribution in [2.24, 2.45) is 0 Å². The van der Waals surface area contributed by atoms with Crippen LogP contribution in [-0.2, 0) is 27.4 Å². The molecule has 9 heteroatoms. The normalized spacial score (nSPS) is 17.0. The lowest BCUT2D eigenvalue weighted by molar-refractivity contribution is -0.0359. The van der Waals surface area contributed by atoms with Crippen LogP contribution in [0.3, 0.4) is 0 Å². The van der Waals surface area contributed by atoms with E-state index in [2.05, 4.69) is 12.1 Å². The van der Waals surface area contributed by atoms with E-state index in [0.29, 0.717) is 45.2 Å². The topological polar surface area (TPSA) is 113 Å². The zero-order valence-corrected chi connectivity index (χ0v) is 25.6. The molecule has 3 aromatic rings. The van der Waals surface area contributed by atoms with Gasteiger partial charge in [-0.1, -0.05) is 36.4 Å². The summed E-state index contributed by atoms with van der Waals surface area (Å²) in [6.07, 6.45) is 0.885. The average Bonchev–Trinajstić information content (AvgIpc) is 2.99. The highest BCUT2D eigenvalue weighted by Crippen LogP contribution is 2.33. The Balaban J connectivity index is 1.32. The molecule has 9 nitrogen and oxygen atoms in total. The minimum atomic E-state index is -0.578. The largest absolute Gasteiger partial charge is 0.506 e. The summed E-state index contributed by atoms with van der Waals surface area (Å²) in [4.78, 5) is 14.6. The van der Waals surface area contributed by atoms with Crippen LogP contribution >= 0.6 is 0 Å². The van der Waals surface area contributed by atoms with E-state index in [0.717, 1.165) is 41.0 Å². The fraction of sp³-hybridized carbons (Fsp3) is 0.441. The first kappa shape index (κ1) is 32.0. The number of phenols is 1. The smallest absolute Gasteiger partial charge is 0.410 e. The van der Waals surface area contributed by atoms with Gasteiger partial charge in [0.15, 0.2) is 0 Å². The number of hydrogen-bond donors (Lipinski definition) is 2. The third-order valence-corrected chi connectivity index (χ3v) is 7.23. The first-order valence-corrected chi connectivity index (χ1v) is 14.7. The molecule has 3 N–H and O–H groups in total. The number of hydrogen-bond acceptors (Lipinski definition) is 8. The molecule has 2 atom stereocenters. The number of nitrogen functional groups attached to an aromatic ring is 1. The Morgan fingerprint density at radius 2 is 1.79 bits per heavy atom. The number of anilines is 1. The van der Waals surface area contributed by atoms with Crippen LogP contribution in [0.25, 0.3) is 0 Å². The van der Waals surface area contributed by atoms with Crippen molar-refractivity contribution >= 4 is 11.8 Å². The van der Waals surface area contributed by atoms with E-state index in [1.165, 1.54) is 0 Å². The lowest BCUT2D eigenvalue weighted by atomic mass is 9.87. The maximum Gasteiger partial charge on any atom is 0.410 e. The van der Waals surface area contributed by atoms with Crippen molar-refractivity contribution in [2.45, 2.75) is 64.4 Å². The van der Waals surface area contributed by atoms with E-state index in [1.54, 1.807) is 30.2 Å². The van der Waals surface area contributed by atoms with Crippen LogP contribution in [0.15, 0.2) is 66.7 Å². The summed E-state index contributed by atoms with van der Waals surface area (Å²) in [6, 6.07) is 21.0. The van der Waals surface area contributed by atoms with Gasteiger partial charge >= 0.3 is 6.09 Å². The van der Waals surface area contributed by atoms with Crippen molar-refractivity contribution in [3.63, 3.8) is 0 Å². The van der Waals surface area contributed by atoms with Crippen molar-refractivity contribution in [1.82, 2.24) is 4.90 Å². The number of nitrogens with zero attached hydrogens (tertiary/aromatic N) is 1. The van der Waals surface area contributed by atoms with E-state index in [9.17, 15) is 9.90 Å². The quantitative estimate of drug-likeness (QED) is 0.144. The molecule has 1 aliphatic heterocycles. The van der Waals surface area contributed by atoms with Crippen LogP contribution in [0, 0.1) is 0 Å². The first-order chi connectivity index (χ1) is 20.6. The second kappa shape index (κ2) is 15.0. The van der Waals surface area contributed by atoms with Crippen molar-refractivity contribution in [3.05, 3.63) is 83.4 Å². The van der Waals surface area contributed by atoms with Crippen molar-refractivity contribution < 1.29 is 33.6 Å². The third kappa shape index (κ3) is 9.53. The van der Waals surface area contributed by atoms with Crippen molar-refractivity contribution in [3.8, 4) is 17.2 Å². The van der Waals surface area contributed by atoms with Gasteiger partial charge in [-0.3, -0.25) is 0 Å². The number of piperidine rings is 1. The molecule has 3 aromatic carbocycles. The number of aromatic hydroxyl groups is 1. The number of nitrogens with two attached hydrogens (primary N) is 1. The Hall–Kier alpha value is -3.95. The van der Waals surface area contributed by atoms with Gasteiger partial charge in [-0.2, -0.15) is 0 Å². The highest BCUT2D eigenvalue weighted by molar-refractivity contribution is 5.68. The van der Waals surface area contributed by atoms with Crippen LogP contribution in [0.4, 0.5) is 10.5 Å². The van der Waals surface area contributed by atoms with Gasteiger partial charge in [0.25, 0.3) is 0 Å². The van der Waals surface area contributed by atoms with Gasteiger partial charge in [0.2, 0.25) is 0 Å². The predicted octanol–water partition coefficient (Wildman–Crippen LogP) is 6.28. The van der Waals surface area contributed by atoms with E-state index in [-0.39, 0.29) is 23.9 Å². The Bertz CT molecular complexity index is 1320. The zero-order chi connectivity index (χ0) is 30.8. The maximum absolute atomic E-state index is 12.8. The van der Waals surface area contributed by atoms with Crippen LogP contribution in [0.2, 0.25) is 0 Å². The number of amides is 1. The first-order valence-electron chi connectivity index (χ1n) is 14.7. The Morgan fingerprint density at radius 1 is 1.02 bits per heavy atom. The highest BCUT2D eigenvalue weighted by Gasteiger charge is 2.35. The molecule has 2 unspecified atom stereocenters. The van der Waals surface area contributed by atoms with Crippen molar-refractivity contribution in [2.75, 3.05) is 39.1 Å². The van der Waals surface area contributed by atoms with Crippen molar-refractivity contribution in [1.29, 1.82) is 0 Å². The summed E-state index contributed by atoms with van der Waals surface area (Å²) >= 11 is 0. The van der Waals surface area contributed by atoms with Gasteiger partial charge in [0.1, 0.15) is 22.8 Å². The van der Waals surface area contributed by atoms with Gasteiger partial charge in [-0.15, -0.1) is 0 Å². The van der Waals surface area contributed by atoms with E-state index >= 15 is 0 Å². The lowest BCUT2D eigenvalue weighted by Crippen LogP contribution is -2.48. The van der Waals surface area contributed by atoms with Gasteiger partial charge in [-0.25, -0.2) is 4.79 Å². The number of methoxy groups -OCH3 is 1. The molecule has 1 heterocycles. The summed E-state index contributed by atoms with van der Waals surface area (Å²) in [5.74, 6) is 1.73. The minimum absolute atomic E-state index is 0.0399. The molecule has 0 radical (unpaired) electrons. The van der Waals surface area contributed by atoms with Crippen LogP contribution in [0.5, 0.6) is 17.2 Å². The summed E-state index contributed by atoms with van der Waals surface area (Å²) < 4.78 is 29.1. The number of rotatable bonds is 12. The molecule has 0 spiro atoms. The van der Waals surface area contributed by atoms with E-state index in [1.807, 2.05) is 57.2 Å². The fourth-order valence-electron chi connectivity index (χ4n) is 5.02.